The fourth-order valence-electron chi connectivity index (χ4n) is 1.33. The number of aryl methyl sites for hydroxylation is 2. The summed E-state index contributed by atoms with van der Waals surface area (Å²) in [7, 11) is 0. The van der Waals surface area contributed by atoms with Gasteiger partial charge in [0, 0.05) is 24.3 Å². The molecule has 3 N–H and O–H groups in total. The molecular weight excluding hydrogens is 176 g/mol. The maximum Gasteiger partial charge on any atom is 0.130 e. The Balaban J connectivity index is 2.75. The summed E-state index contributed by atoms with van der Waals surface area (Å²) in [4.78, 5) is 8.50. The third-order valence-corrected chi connectivity index (χ3v) is 2.10. The van der Waals surface area contributed by atoms with Gasteiger partial charge in [-0.15, -0.1) is 0 Å². The molecule has 0 amide bonds. The summed E-state index contributed by atoms with van der Waals surface area (Å²) < 4.78 is 0. The van der Waals surface area contributed by atoms with Gasteiger partial charge < -0.3 is 11.1 Å². The molecule has 0 bridgehead atoms. The predicted molar refractivity (Wildman–Crippen MR) is 58.3 cm³/mol. The second-order valence-electron chi connectivity index (χ2n) is 3.43. The van der Waals surface area contributed by atoms with Gasteiger partial charge in [0.2, 0.25) is 0 Å². The van der Waals surface area contributed by atoms with E-state index in [1.807, 2.05) is 19.9 Å². The van der Waals surface area contributed by atoms with Crippen LogP contribution in [0.2, 0.25) is 0 Å². The molecule has 0 radical (unpaired) electrons. The number of anilines is 1. The maximum absolute atomic E-state index is 5.60. The van der Waals surface area contributed by atoms with Crippen LogP contribution in [-0.4, -0.2) is 22.6 Å². The monoisotopic (exact) mass is 194 g/mol. The van der Waals surface area contributed by atoms with Gasteiger partial charge in [0.1, 0.15) is 11.6 Å². The molecule has 0 aliphatic rings. The van der Waals surface area contributed by atoms with E-state index < -0.39 is 0 Å². The van der Waals surface area contributed by atoms with Crippen LogP contribution in [0.15, 0.2) is 6.07 Å². The Morgan fingerprint density at radius 1 is 1.43 bits per heavy atom. The number of hydrogen-bond acceptors (Lipinski definition) is 4. The van der Waals surface area contributed by atoms with Gasteiger partial charge in [-0.3, -0.25) is 0 Å². The standard InChI is InChI=1S/C10H18N4/c1-4-9(6-11)14-10-5-7(2)12-8(3)13-10/h5,9H,4,6,11H2,1-3H3,(H,12,13,14). The van der Waals surface area contributed by atoms with Crippen LogP contribution >= 0.6 is 0 Å². The van der Waals surface area contributed by atoms with E-state index in [4.69, 9.17) is 5.73 Å². The van der Waals surface area contributed by atoms with Gasteiger partial charge >= 0.3 is 0 Å². The Labute approximate surface area is 85.0 Å². The molecule has 0 aliphatic carbocycles. The lowest BCUT2D eigenvalue weighted by atomic mass is 10.2. The van der Waals surface area contributed by atoms with Crippen LogP contribution in [0.3, 0.4) is 0 Å². The zero-order valence-electron chi connectivity index (χ0n) is 9.04. The first-order valence-corrected chi connectivity index (χ1v) is 4.94. The highest BCUT2D eigenvalue weighted by molar-refractivity contribution is 5.36. The number of nitrogens with two attached hydrogens (primary N) is 1. The molecule has 0 fully saturated rings. The van der Waals surface area contributed by atoms with Gasteiger partial charge in [-0.1, -0.05) is 6.92 Å². The molecular formula is C10H18N4. The highest BCUT2D eigenvalue weighted by Crippen LogP contribution is 2.07. The highest BCUT2D eigenvalue weighted by atomic mass is 15.1. The minimum Gasteiger partial charge on any atom is -0.366 e. The van der Waals surface area contributed by atoms with E-state index in [-0.39, 0.29) is 0 Å². The Bertz CT molecular complexity index is 274. The van der Waals surface area contributed by atoms with Crippen LogP contribution in [0.5, 0.6) is 0 Å². The van der Waals surface area contributed by atoms with Crippen LogP contribution in [0, 0.1) is 13.8 Å². The van der Waals surface area contributed by atoms with E-state index in [1.54, 1.807) is 0 Å². The number of nitrogens with one attached hydrogen (secondary N) is 1. The van der Waals surface area contributed by atoms with Crippen molar-refractivity contribution < 1.29 is 0 Å². The smallest absolute Gasteiger partial charge is 0.130 e. The lowest BCUT2D eigenvalue weighted by molar-refractivity contribution is 0.698. The van der Waals surface area contributed by atoms with Crippen molar-refractivity contribution in [3.8, 4) is 0 Å². The van der Waals surface area contributed by atoms with Gasteiger partial charge in [-0.05, 0) is 20.3 Å². The largest absolute Gasteiger partial charge is 0.366 e. The molecule has 1 heterocycles. The van der Waals surface area contributed by atoms with Crippen LogP contribution in [-0.2, 0) is 0 Å². The summed E-state index contributed by atoms with van der Waals surface area (Å²) in [6.45, 7) is 6.58. The van der Waals surface area contributed by atoms with Gasteiger partial charge in [0.25, 0.3) is 0 Å². The molecule has 4 heteroatoms. The second-order valence-corrected chi connectivity index (χ2v) is 3.43. The number of hydrogen-bond donors (Lipinski definition) is 2. The fraction of sp³-hybridized carbons (Fsp3) is 0.600. The zero-order chi connectivity index (χ0) is 10.6. The van der Waals surface area contributed by atoms with Crippen molar-refractivity contribution in [2.45, 2.75) is 33.2 Å². The lowest BCUT2D eigenvalue weighted by Gasteiger charge is -2.15. The van der Waals surface area contributed by atoms with E-state index in [0.717, 1.165) is 23.8 Å². The molecule has 0 saturated heterocycles. The highest BCUT2D eigenvalue weighted by Gasteiger charge is 2.05. The third kappa shape index (κ3) is 2.96. The summed E-state index contributed by atoms with van der Waals surface area (Å²) >= 11 is 0. The first-order chi connectivity index (χ1) is 6.65. The van der Waals surface area contributed by atoms with Gasteiger partial charge in [0.15, 0.2) is 0 Å². The molecule has 0 aromatic carbocycles. The first kappa shape index (κ1) is 10.9. The molecule has 4 nitrogen and oxygen atoms in total. The van der Waals surface area contributed by atoms with Crippen molar-refractivity contribution in [3.63, 3.8) is 0 Å². The number of nitrogens with zero attached hydrogens (tertiary/aromatic N) is 2. The Hall–Kier alpha value is -1.16. The van der Waals surface area contributed by atoms with Crippen LogP contribution in [0.1, 0.15) is 24.9 Å². The summed E-state index contributed by atoms with van der Waals surface area (Å²) in [6.07, 6.45) is 0.999. The quantitative estimate of drug-likeness (QED) is 0.757. The number of aromatic nitrogens is 2. The van der Waals surface area contributed by atoms with Crippen LogP contribution < -0.4 is 11.1 Å². The molecule has 0 spiro atoms. The van der Waals surface area contributed by atoms with Crippen molar-refractivity contribution in [1.82, 2.24) is 9.97 Å². The van der Waals surface area contributed by atoms with Gasteiger partial charge in [0.05, 0.1) is 0 Å². The van der Waals surface area contributed by atoms with Gasteiger partial charge in [-0.25, -0.2) is 9.97 Å². The van der Waals surface area contributed by atoms with Crippen molar-refractivity contribution >= 4 is 5.82 Å². The normalized spacial score (nSPS) is 12.6. The summed E-state index contributed by atoms with van der Waals surface area (Å²) in [5.41, 5.74) is 6.58. The Morgan fingerprint density at radius 3 is 2.64 bits per heavy atom. The van der Waals surface area contributed by atoms with E-state index in [0.29, 0.717) is 12.6 Å². The molecule has 0 saturated carbocycles. The SMILES string of the molecule is CCC(CN)Nc1cc(C)nc(C)n1. The van der Waals surface area contributed by atoms with Crippen LogP contribution in [0.25, 0.3) is 0 Å². The first-order valence-electron chi connectivity index (χ1n) is 4.94. The Morgan fingerprint density at radius 2 is 2.14 bits per heavy atom. The topological polar surface area (TPSA) is 63.8 Å². The molecule has 1 aromatic rings. The summed E-state index contributed by atoms with van der Waals surface area (Å²) in [5, 5.41) is 3.28. The number of rotatable bonds is 4. The Kier molecular flexibility index (Phi) is 3.83. The average molecular weight is 194 g/mol. The van der Waals surface area contributed by atoms with Crippen molar-refractivity contribution in [2.24, 2.45) is 5.73 Å². The third-order valence-electron chi connectivity index (χ3n) is 2.10. The predicted octanol–water partition coefficient (Wildman–Crippen LogP) is 1.24. The lowest BCUT2D eigenvalue weighted by Crippen LogP contribution is -2.28. The molecule has 1 unspecified atom stereocenters. The maximum atomic E-state index is 5.60. The van der Waals surface area contributed by atoms with E-state index in [1.165, 1.54) is 0 Å². The van der Waals surface area contributed by atoms with Crippen molar-refractivity contribution in [1.29, 1.82) is 0 Å². The molecule has 0 aliphatic heterocycles. The molecule has 14 heavy (non-hydrogen) atoms. The fourth-order valence-corrected chi connectivity index (χ4v) is 1.33. The minimum absolute atomic E-state index is 0.295. The van der Waals surface area contributed by atoms with E-state index in [9.17, 15) is 0 Å². The van der Waals surface area contributed by atoms with Crippen LogP contribution in [0.4, 0.5) is 5.82 Å². The van der Waals surface area contributed by atoms with Crippen molar-refractivity contribution in [3.05, 3.63) is 17.6 Å². The van der Waals surface area contributed by atoms with E-state index >= 15 is 0 Å². The molecule has 1 atom stereocenters. The summed E-state index contributed by atoms with van der Waals surface area (Å²) in [6, 6.07) is 2.23. The molecule has 78 valence electrons. The van der Waals surface area contributed by atoms with Crippen molar-refractivity contribution in [2.75, 3.05) is 11.9 Å². The molecule has 1 rings (SSSR count). The summed E-state index contributed by atoms with van der Waals surface area (Å²) in [5.74, 6) is 1.66. The zero-order valence-corrected chi connectivity index (χ0v) is 9.04. The van der Waals surface area contributed by atoms with E-state index in [2.05, 4.69) is 22.2 Å². The minimum atomic E-state index is 0.295. The second kappa shape index (κ2) is 4.91. The average Bonchev–Trinajstić information content (AvgIpc) is 2.12. The molecule has 1 aromatic heterocycles. The van der Waals surface area contributed by atoms with Gasteiger partial charge in [-0.2, -0.15) is 0 Å².